The molecule has 1 N–H and O–H groups in total. The van der Waals surface area contributed by atoms with Crippen molar-refractivity contribution in [3.63, 3.8) is 0 Å². The van der Waals surface area contributed by atoms with Crippen molar-refractivity contribution in [3.05, 3.63) is 29.8 Å². The highest BCUT2D eigenvalue weighted by atomic mass is 16.5. The smallest absolute Gasteiger partial charge is 0.161 e. The summed E-state index contributed by atoms with van der Waals surface area (Å²) in [6, 6.07) is 5.03. The Balaban J connectivity index is 2.33. The molecule has 116 valence electrons. The number of ether oxygens (including phenoxy) is 1. The van der Waals surface area contributed by atoms with Gasteiger partial charge in [-0.05, 0) is 30.2 Å². The van der Waals surface area contributed by atoms with Gasteiger partial charge in [0, 0.05) is 6.42 Å². The second-order valence-electron chi connectivity index (χ2n) is 5.25. The fraction of sp³-hybridized carbons (Fsp3) is 0.500. The Kier molecular flexibility index (Phi) is 8.25. The van der Waals surface area contributed by atoms with Crippen molar-refractivity contribution in [2.75, 3.05) is 7.11 Å². The molecule has 0 atom stereocenters. The van der Waals surface area contributed by atoms with Crippen LogP contribution in [0.3, 0.4) is 0 Å². The van der Waals surface area contributed by atoms with Crippen LogP contribution in [0.25, 0.3) is 6.08 Å². The van der Waals surface area contributed by atoms with Gasteiger partial charge in [-0.1, -0.05) is 51.2 Å². The molecule has 3 nitrogen and oxygen atoms in total. The van der Waals surface area contributed by atoms with Crippen LogP contribution in [0, 0.1) is 0 Å². The average Bonchev–Trinajstić information content (AvgIpc) is 2.50. The highest BCUT2D eigenvalue weighted by Crippen LogP contribution is 2.26. The topological polar surface area (TPSA) is 46.5 Å². The van der Waals surface area contributed by atoms with E-state index in [0.29, 0.717) is 12.2 Å². The number of carbonyl (C=O) groups is 1. The lowest BCUT2D eigenvalue weighted by atomic mass is 10.1. The third-order valence-electron chi connectivity index (χ3n) is 3.44. The summed E-state index contributed by atoms with van der Waals surface area (Å²) in [5.41, 5.74) is 0.848. The van der Waals surface area contributed by atoms with E-state index in [1.807, 2.05) is 0 Å². The molecule has 1 rings (SSSR count). The van der Waals surface area contributed by atoms with Gasteiger partial charge in [-0.3, -0.25) is 4.79 Å². The summed E-state index contributed by atoms with van der Waals surface area (Å²) >= 11 is 0. The highest BCUT2D eigenvalue weighted by molar-refractivity contribution is 5.93. The Morgan fingerprint density at radius 2 is 1.90 bits per heavy atom. The summed E-state index contributed by atoms with van der Waals surface area (Å²) in [4.78, 5) is 11.8. The van der Waals surface area contributed by atoms with Crippen molar-refractivity contribution >= 4 is 11.9 Å². The molecule has 0 saturated heterocycles. The Morgan fingerprint density at radius 3 is 2.62 bits per heavy atom. The molecular formula is C18H26O3. The predicted octanol–water partition coefficient (Wildman–Crippen LogP) is 4.73. The lowest BCUT2D eigenvalue weighted by Gasteiger charge is -2.03. The second-order valence-corrected chi connectivity index (χ2v) is 5.25. The number of methoxy groups -OCH3 is 1. The lowest BCUT2D eigenvalue weighted by molar-refractivity contribution is -0.114. The number of phenols is 1. The number of unbranched alkanes of at least 4 members (excludes halogenated alkanes) is 5. The number of aromatic hydroxyl groups is 1. The first-order chi connectivity index (χ1) is 10.2. The van der Waals surface area contributed by atoms with Gasteiger partial charge in [-0.15, -0.1) is 0 Å². The van der Waals surface area contributed by atoms with E-state index in [2.05, 4.69) is 6.92 Å². The third-order valence-corrected chi connectivity index (χ3v) is 3.44. The SMILES string of the molecule is CCCCCCCCC(=O)/C=C/c1ccc(O)c(OC)c1. The molecule has 0 aliphatic carbocycles. The van der Waals surface area contributed by atoms with Gasteiger partial charge in [0.25, 0.3) is 0 Å². The summed E-state index contributed by atoms with van der Waals surface area (Å²) in [5, 5.41) is 9.50. The standard InChI is InChI=1S/C18H26O3/c1-3-4-5-6-7-8-9-16(19)12-10-15-11-13-17(20)18(14-15)21-2/h10-14,20H,3-9H2,1-2H3/b12-10+. The van der Waals surface area contributed by atoms with Crippen molar-refractivity contribution < 1.29 is 14.6 Å². The maximum absolute atomic E-state index is 11.8. The zero-order valence-corrected chi connectivity index (χ0v) is 13.1. The zero-order chi connectivity index (χ0) is 15.5. The van der Waals surface area contributed by atoms with Crippen LogP contribution in [0.1, 0.15) is 57.4 Å². The van der Waals surface area contributed by atoms with Crippen LogP contribution in [0.5, 0.6) is 11.5 Å². The Morgan fingerprint density at radius 1 is 1.19 bits per heavy atom. The monoisotopic (exact) mass is 290 g/mol. The summed E-state index contributed by atoms with van der Waals surface area (Å²) in [5.74, 6) is 0.672. The fourth-order valence-corrected chi connectivity index (χ4v) is 2.15. The number of benzene rings is 1. The first-order valence-electron chi connectivity index (χ1n) is 7.75. The van der Waals surface area contributed by atoms with E-state index in [1.165, 1.54) is 32.8 Å². The molecule has 0 bridgehead atoms. The van der Waals surface area contributed by atoms with Crippen LogP contribution in [0.15, 0.2) is 24.3 Å². The van der Waals surface area contributed by atoms with Crippen LogP contribution < -0.4 is 4.74 Å². The number of phenolic OH excluding ortho intramolecular Hbond substituents is 1. The molecule has 0 fully saturated rings. The van der Waals surface area contributed by atoms with Crippen molar-refractivity contribution in [2.24, 2.45) is 0 Å². The van der Waals surface area contributed by atoms with Gasteiger partial charge in [-0.2, -0.15) is 0 Å². The molecule has 21 heavy (non-hydrogen) atoms. The summed E-state index contributed by atoms with van der Waals surface area (Å²) in [6.45, 7) is 2.20. The predicted molar refractivity (Wildman–Crippen MR) is 86.7 cm³/mol. The van der Waals surface area contributed by atoms with Crippen molar-refractivity contribution in [2.45, 2.75) is 51.9 Å². The molecule has 0 aliphatic rings. The molecule has 1 aromatic carbocycles. The van der Waals surface area contributed by atoms with Gasteiger partial charge >= 0.3 is 0 Å². The average molecular weight is 290 g/mol. The molecule has 0 aromatic heterocycles. The van der Waals surface area contributed by atoms with Gasteiger partial charge in [0.05, 0.1) is 7.11 Å². The van der Waals surface area contributed by atoms with Gasteiger partial charge in [0.1, 0.15) is 0 Å². The molecule has 0 radical (unpaired) electrons. The van der Waals surface area contributed by atoms with Crippen molar-refractivity contribution in [1.29, 1.82) is 0 Å². The van der Waals surface area contributed by atoms with Crippen LogP contribution in [0.4, 0.5) is 0 Å². The fourth-order valence-electron chi connectivity index (χ4n) is 2.15. The van der Waals surface area contributed by atoms with Gasteiger partial charge in [0.2, 0.25) is 0 Å². The maximum Gasteiger partial charge on any atom is 0.161 e. The molecule has 1 aromatic rings. The minimum absolute atomic E-state index is 0.105. The molecule has 0 spiro atoms. The van der Waals surface area contributed by atoms with Crippen molar-refractivity contribution in [1.82, 2.24) is 0 Å². The number of ketones is 1. The minimum atomic E-state index is 0.105. The summed E-state index contributed by atoms with van der Waals surface area (Å²) < 4.78 is 5.04. The Labute approximate surface area is 127 Å². The first kappa shape index (κ1) is 17.3. The largest absolute Gasteiger partial charge is 0.504 e. The van der Waals surface area contributed by atoms with E-state index in [1.54, 1.807) is 30.4 Å². The maximum atomic E-state index is 11.8. The number of rotatable bonds is 10. The number of hydrogen-bond donors (Lipinski definition) is 1. The zero-order valence-electron chi connectivity index (χ0n) is 13.1. The molecule has 0 saturated carbocycles. The number of carbonyl (C=O) groups excluding carboxylic acids is 1. The van der Waals surface area contributed by atoms with Crippen LogP contribution in [0.2, 0.25) is 0 Å². The lowest BCUT2D eigenvalue weighted by Crippen LogP contribution is -1.92. The van der Waals surface area contributed by atoms with Gasteiger partial charge < -0.3 is 9.84 Å². The highest BCUT2D eigenvalue weighted by Gasteiger charge is 2.01. The number of allylic oxidation sites excluding steroid dienone is 1. The van der Waals surface area contributed by atoms with Crippen molar-refractivity contribution in [3.8, 4) is 11.5 Å². The van der Waals surface area contributed by atoms with E-state index >= 15 is 0 Å². The molecule has 0 amide bonds. The molecule has 0 aliphatic heterocycles. The third kappa shape index (κ3) is 6.98. The summed E-state index contributed by atoms with van der Waals surface area (Å²) in [6.07, 6.45) is 11.1. The van der Waals surface area contributed by atoms with E-state index in [0.717, 1.165) is 18.4 Å². The Bertz CT molecular complexity index is 464. The molecule has 0 heterocycles. The van der Waals surface area contributed by atoms with E-state index in [9.17, 15) is 9.90 Å². The normalized spacial score (nSPS) is 11.0. The van der Waals surface area contributed by atoms with E-state index in [-0.39, 0.29) is 11.5 Å². The van der Waals surface area contributed by atoms with Gasteiger partial charge in [-0.25, -0.2) is 0 Å². The molecule has 0 unspecified atom stereocenters. The van der Waals surface area contributed by atoms with Crippen LogP contribution >= 0.6 is 0 Å². The Hall–Kier alpha value is -1.77. The van der Waals surface area contributed by atoms with Crippen LogP contribution in [-0.4, -0.2) is 18.0 Å². The van der Waals surface area contributed by atoms with E-state index < -0.39 is 0 Å². The number of hydrogen-bond acceptors (Lipinski definition) is 3. The van der Waals surface area contributed by atoms with Gasteiger partial charge in [0.15, 0.2) is 17.3 Å². The molecular weight excluding hydrogens is 264 g/mol. The first-order valence-corrected chi connectivity index (χ1v) is 7.75. The van der Waals surface area contributed by atoms with E-state index in [4.69, 9.17) is 4.74 Å². The summed E-state index contributed by atoms with van der Waals surface area (Å²) in [7, 11) is 1.51. The van der Waals surface area contributed by atoms with Crippen LogP contribution in [-0.2, 0) is 4.79 Å². The quantitative estimate of drug-likeness (QED) is 0.500. The molecule has 3 heteroatoms. The minimum Gasteiger partial charge on any atom is -0.504 e. The second kappa shape index (κ2) is 10.0.